The lowest BCUT2D eigenvalue weighted by Gasteiger charge is -2.20. The van der Waals surface area contributed by atoms with Crippen molar-refractivity contribution in [3.63, 3.8) is 0 Å². The van der Waals surface area contributed by atoms with Crippen LogP contribution in [-0.2, 0) is 4.79 Å². The van der Waals surface area contributed by atoms with E-state index in [-0.39, 0.29) is 11.7 Å². The minimum atomic E-state index is 0.0569. The Balaban J connectivity index is 2.28. The number of aromatic hydroxyl groups is 1. The maximum absolute atomic E-state index is 11.7. The monoisotopic (exact) mass is 206 g/mol. The van der Waals surface area contributed by atoms with Crippen LogP contribution in [0.3, 0.4) is 0 Å². The smallest absolute Gasteiger partial charge is 0.228 e. The highest BCUT2D eigenvalue weighted by Gasteiger charge is 2.19. The summed E-state index contributed by atoms with van der Waals surface area (Å²) in [6, 6.07) is 6.93. The first-order valence-electron chi connectivity index (χ1n) is 5.08. The number of nitrogens with one attached hydrogen (secondary N) is 1. The van der Waals surface area contributed by atoms with E-state index in [0.29, 0.717) is 25.2 Å². The molecule has 15 heavy (non-hydrogen) atoms. The second-order valence-electron chi connectivity index (χ2n) is 3.53. The van der Waals surface area contributed by atoms with Gasteiger partial charge in [0.05, 0.1) is 5.69 Å². The standard InChI is InChI=1S/C11H14N2O2/c14-10-4-2-1-3-9(10)13-8-7-12-6-5-11(13)15/h1-4,12,14H,5-8H2. The van der Waals surface area contributed by atoms with Gasteiger partial charge in [-0.25, -0.2) is 0 Å². The van der Waals surface area contributed by atoms with Gasteiger partial charge < -0.3 is 15.3 Å². The molecular formula is C11H14N2O2. The number of amides is 1. The molecule has 0 bridgehead atoms. The molecule has 1 fully saturated rings. The summed E-state index contributed by atoms with van der Waals surface area (Å²) in [5.74, 6) is 0.217. The molecule has 2 rings (SSSR count). The van der Waals surface area contributed by atoms with Crippen molar-refractivity contribution in [2.24, 2.45) is 0 Å². The van der Waals surface area contributed by atoms with Crippen molar-refractivity contribution in [3.05, 3.63) is 24.3 Å². The zero-order valence-electron chi connectivity index (χ0n) is 8.44. The van der Waals surface area contributed by atoms with Crippen LogP contribution in [0.2, 0.25) is 0 Å². The van der Waals surface area contributed by atoms with E-state index in [1.807, 2.05) is 6.07 Å². The Labute approximate surface area is 88.5 Å². The summed E-state index contributed by atoms with van der Waals surface area (Å²) in [6.45, 7) is 2.08. The van der Waals surface area contributed by atoms with E-state index in [4.69, 9.17) is 0 Å². The lowest BCUT2D eigenvalue weighted by atomic mass is 10.2. The van der Waals surface area contributed by atoms with Crippen molar-refractivity contribution >= 4 is 11.6 Å². The van der Waals surface area contributed by atoms with Gasteiger partial charge in [-0.1, -0.05) is 12.1 Å². The van der Waals surface area contributed by atoms with Crippen LogP contribution in [0.4, 0.5) is 5.69 Å². The molecule has 1 aromatic rings. The van der Waals surface area contributed by atoms with Gasteiger partial charge in [0.25, 0.3) is 0 Å². The van der Waals surface area contributed by atoms with Crippen LogP contribution in [0.5, 0.6) is 5.75 Å². The van der Waals surface area contributed by atoms with Gasteiger partial charge in [-0.3, -0.25) is 4.79 Å². The van der Waals surface area contributed by atoms with E-state index in [2.05, 4.69) is 5.32 Å². The Kier molecular flexibility index (Phi) is 2.87. The highest BCUT2D eigenvalue weighted by Crippen LogP contribution is 2.26. The molecular weight excluding hydrogens is 192 g/mol. The number of para-hydroxylation sites is 2. The summed E-state index contributed by atoms with van der Waals surface area (Å²) in [5.41, 5.74) is 0.603. The van der Waals surface area contributed by atoms with E-state index in [9.17, 15) is 9.90 Å². The van der Waals surface area contributed by atoms with Crippen molar-refractivity contribution in [2.45, 2.75) is 6.42 Å². The zero-order chi connectivity index (χ0) is 10.7. The molecule has 1 aliphatic rings. The minimum absolute atomic E-state index is 0.0569. The average Bonchev–Trinajstić information content (AvgIpc) is 2.44. The third-order valence-corrected chi connectivity index (χ3v) is 2.50. The van der Waals surface area contributed by atoms with Gasteiger partial charge >= 0.3 is 0 Å². The van der Waals surface area contributed by atoms with Crippen molar-refractivity contribution in [3.8, 4) is 5.75 Å². The molecule has 1 aliphatic heterocycles. The van der Waals surface area contributed by atoms with E-state index in [0.717, 1.165) is 6.54 Å². The third-order valence-electron chi connectivity index (χ3n) is 2.50. The van der Waals surface area contributed by atoms with Gasteiger partial charge in [-0.05, 0) is 12.1 Å². The topological polar surface area (TPSA) is 52.6 Å². The predicted molar refractivity (Wildman–Crippen MR) is 57.9 cm³/mol. The van der Waals surface area contributed by atoms with Crippen molar-refractivity contribution < 1.29 is 9.90 Å². The van der Waals surface area contributed by atoms with Gasteiger partial charge in [-0.15, -0.1) is 0 Å². The largest absolute Gasteiger partial charge is 0.506 e. The lowest BCUT2D eigenvalue weighted by molar-refractivity contribution is -0.118. The molecule has 1 amide bonds. The molecule has 4 heteroatoms. The Morgan fingerprint density at radius 3 is 2.87 bits per heavy atom. The summed E-state index contributed by atoms with van der Waals surface area (Å²) in [5, 5.41) is 12.8. The molecule has 1 heterocycles. The number of phenolic OH excluding ortho intramolecular Hbond substituents is 1. The Morgan fingerprint density at radius 2 is 2.07 bits per heavy atom. The number of benzene rings is 1. The number of carbonyl (C=O) groups is 1. The Bertz CT molecular complexity index is 365. The fourth-order valence-corrected chi connectivity index (χ4v) is 1.72. The Hall–Kier alpha value is -1.55. The van der Waals surface area contributed by atoms with E-state index in [1.165, 1.54) is 0 Å². The van der Waals surface area contributed by atoms with Crippen LogP contribution >= 0.6 is 0 Å². The molecule has 0 atom stereocenters. The van der Waals surface area contributed by atoms with Gasteiger partial charge in [0.15, 0.2) is 0 Å². The number of carbonyl (C=O) groups excluding carboxylic acids is 1. The van der Waals surface area contributed by atoms with Crippen molar-refractivity contribution in [1.82, 2.24) is 5.32 Å². The summed E-state index contributed by atoms with van der Waals surface area (Å²) >= 11 is 0. The van der Waals surface area contributed by atoms with E-state index in [1.54, 1.807) is 23.1 Å². The van der Waals surface area contributed by atoms with Gasteiger partial charge in [-0.2, -0.15) is 0 Å². The molecule has 0 saturated carbocycles. The summed E-state index contributed by atoms with van der Waals surface area (Å²) in [7, 11) is 0. The van der Waals surface area contributed by atoms with Crippen LogP contribution in [0.15, 0.2) is 24.3 Å². The lowest BCUT2D eigenvalue weighted by Crippen LogP contribution is -2.32. The average molecular weight is 206 g/mol. The second-order valence-corrected chi connectivity index (χ2v) is 3.53. The first kappa shape index (κ1) is 9.98. The van der Waals surface area contributed by atoms with Crippen LogP contribution in [0.1, 0.15) is 6.42 Å². The minimum Gasteiger partial charge on any atom is -0.506 e. The molecule has 1 aromatic carbocycles. The predicted octanol–water partition coefficient (Wildman–Crippen LogP) is 0.718. The normalized spacial score (nSPS) is 17.6. The van der Waals surface area contributed by atoms with Gasteiger partial charge in [0, 0.05) is 26.1 Å². The quantitative estimate of drug-likeness (QED) is 0.711. The number of hydrogen-bond donors (Lipinski definition) is 2. The Morgan fingerprint density at radius 1 is 1.27 bits per heavy atom. The van der Waals surface area contributed by atoms with Crippen LogP contribution in [0, 0.1) is 0 Å². The maximum atomic E-state index is 11.7. The highest BCUT2D eigenvalue weighted by atomic mass is 16.3. The summed E-state index contributed by atoms with van der Waals surface area (Å²) in [4.78, 5) is 13.4. The zero-order valence-corrected chi connectivity index (χ0v) is 8.44. The van der Waals surface area contributed by atoms with Gasteiger partial charge in [0.1, 0.15) is 5.75 Å². The first-order chi connectivity index (χ1) is 7.29. The molecule has 0 spiro atoms. The number of anilines is 1. The van der Waals surface area contributed by atoms with Crippen molar-refractivity contribution in [1.29, 1.82) is 0 Å². The SMILES string of the molecule is O=C1CCNCCN1c1ccccc1O. The summed E-state index contributed by atoms with van der Waals surface area (Å²) in [6.07, 6.45) is 0.480. The fourth-order valence-electron chi connectivity index (χ4n) is 1.72. The number of nitrogens with zero attached hydrogens (tertiary/aromatic N) is 1. The summed E-state index contributed by atoms with van der Waals surface area (Å²) < 4.78 is 0. The maximum Gasteiger partial charge on any atom is 0.228 e. The first-order valence-corrected chi connectivity index (χ1v) is 5.08. The molecule has 80 valence electrons. The van der Waals surface area contributed by atoms with Crippen LogP contribution in [-0.4, -0.2) is 30.6 Å². The number of rotatable bonds is 1. The molecule has 0 unspecified atom stereocenters. The highest BCUT2D eigenvalue weighted by molar-refractivity contribution is 5.95. The molecule has 0 radical (unpaired) electrons. The molecule has 0 aromatic heterocycles. The molecule has 4 nitrogen and oxygen atoms in total. The molecule has 0 aliphatic carbocycles. The number of hydrogen-bond acceptors (Lipinski definition) is 3. The molecule has 2 N–H and O–H groups in total. The van der Waals surface area contributed by atoms with Gasteiger partial charge in [0.2, 0.25) is 5.91 Å². The van der Waals surface area contributed by atoms with Crippen LogP contribution < -0.4 is 10.2 Å². The van der Waals surface area contributed by atoms with E-state index >= 15 is 0 Å². The van der Waals surface area contributed by atoms with Crippen molar-refractivity contribution in [2.75, 3.05) is 24.5 Å². The second kappa shape index (κ2) is 4.31. The van der Waals surface area contributed by atoms with E-state index < -0.39 is 0 Å². The third kappa shape index (κ3) is 2.10. The van der Waals surface area contributed by atoms with Crippen LogP contribution in [0.25, 0.3) is 0 Å². The fraction of sp³-hybridized carbons (Fsp3) is 0.364. The molecule has 1 saturated heterocycles. The number of phenols is 1.